The SMILES string of the molecule is CC(=O)OCC1O[C@@H](OCCCCCCC(=O)NC(CCCCNC(=O)CCCCO[C@@H]2OC(COC(C)=O)[C@H](C)[C@H](C)C2C)C(=O)CC(CCCCNC(=O)CCCCO[C@@H]2OC(COC(C)=O)[C@H](C)[C@H](C)C2C)C(=O)NCCCC(=O)OCc2ccccc2)C(C)[C@@H](C)[C@H]1C. The molecular formula is C74H122N4O19. The summed E-state index contributed by atoms with van der Waals surface area (Å²) in [6, 6.07) is 8.45. The highest BCUT2D eigenvalue weighted by molar-refractivity contribution is 5.92. The molecule has 0 aliphatic carbocycles. The van der Waals surface area contributed by atoms with Gasteiger partial charge in [-0.25, -0.2) is 0 Å². The number of unbranched alkanes of at least 4 members (excludes halogenated alkanes) is 7. The van der Waals surface area contributed by atoms with E-state index in [-0.39, 0.29) is 165 Å². The van der Waals surface area contributed by atoms with E-state index < -0.39 is 36.8 Å². The molecule has 0 aromatic heterocycles. The maximum Gasteiger partial charge on any atom is 0.306 e. The third kappa shape index (κ3) is 32.5. The monoisotopic (exact) mass is 1370 g/mol. The molecule has 0 saturated carbocycles. The van der Waals surface area contributed by atoms with E-state index in [1.165, 1.54) is 20.8 Å². The maximum atomic E-state index is 14.5. The van der Waals surface area contributed by atoms with Crippen LogP contribution in [0.2, 0.25) is 0 Å². The quantitative estimate of drug-likeness (QED) is 0.0268. The maximum absolute atomic E-state index is 14.5. The molecule has 97 heavy (non-hydrogen) atoms. The van der Waals surface area contributed by atoms with E-state index in [0.29, 0.717) is 129 Å². The van der Waals surface area contributed by atoms with Crippen molar-refractivity contribution in [3.05, 3.63) is 35.9 Å². The zero-order chi connectivity index (χ0) is 71.2. The molecule has 1 aromatic rings. The van der Waals surface area contributed by atoms with Gasteiger partial charge in [0.15, 0.2) is 24.7 Å². The van der Waals surface area contributed by atoms with Crippen LogP contribution in [-0.2, 0) is 97.1 Å². The summed E-state index contributed by atoms with van der Waals surface area (Å²) in [5.74, 6) is -1.53. The average molecular weight is 1370 g/mol. The van der Waals surface area contributed by atoms with Crippen LogP contribution in [0.15, 0.2) is 30.3 Å². The molecule has 4 rings (SSSR count). The molecule has 4 amide bonds. The lowest BCUT2D eigenvalue weighted by molar-refractivity contribution is -0.255. The molecule has 0 bridgehead atoms. The van der Waals surface area contributed by atoms with E-state index in [2.05, 4.69) is 83.6 Å². The van der Waals surface area contributed by atoms with Gasteiger partial charge in [-0.05, 0) is 118 Å². The van der Waals surface area contributed by atoms with Crippen LogP contribution in [0.5, 0.6) is 0 Å². The van der Waals surface area contributed by atoms with Crippen molar-refractivity contribution in [2.24, 2.45) is 59.2 Å². The van der Waals surface area contributed by atoms with Gasteiger partial charge in [-0.15, -0.1) is 0 Å². The number of benzene rings is 1. The van der Waals surface area contributed by atoms with Crippen LogP contribution in [0.4, 0.5) is 0 Å². The van der Waals surface area contributed by atoms with E-state index in [1.54, 1.807) is 0 Å². The highest BCUT2D eigenvalue weighted by atomic mass is 16.7. The van der Waals surface area contributed by atoms with Crippen molar-refractivity contribution in [3.63, 3.8) is 0 Å². The van der Waals surface area contributed by atoms with Gasteiger partial charge in [0, 0.05) is 116 Å². The van der Waals surface area contributed by atoms with Crippen molar-refractivity contribution in [1.29, 1.82) is 0 Å². The number of ether oxygens (including phenoxy) is 10. The fourth-order valence-corrected chi connectivity index (χ4v) is 12.6. The largest absolute Gasteiger partial charge is 0.463 e. The molecule has 552 valence electrons. The van der Waals surface area contributed by atoms with Crippen LogP contribution in [-0.4, -0.2) is 156 Å². The van der Waals surface area contributed by atoms with Gasteiger partial charge in [-0.3, -0.25) is 43.2 Å². The number of esters is 4. The molecule has 23 heteroatoms. The smallest absolute Gasteiger partial charge is 0.306 e. The van der Waals surface area contributed by atoms with Crippen molar-refractivity contribution in [2.75, 3.05) is 59.3 Å². The second-order valence-electron chi connectivity index (χ2n) is 27.7. The lowest BCUT2D eigenvalue weighted by Gasteiger charge is -2.43. The minimum Gasteiger partial charge on any atom is -0.463 e. The second-order valence-corrected chi connectivity index (χ2v) is 27.7. The fourth-order valence-electron chi connectivity index (χ4n) is 12.6. The molecule has 4 N–H and O–H groups in total. The van der Waals surface area contributed by atoms with Gasteiger partial charge in [0.1, 0.15) is 26.4 Å². The molecule has 3 heterocycles. The van der Waals surface area contributed by atoms with Gasteiger partial charge in [-0.1, -0.05) is 112 Å². The van der Waals surface area contributed by atoms with E-state index in [1.807, 2.05) is 30.3 Å². The van der Waals surface area contributed by atoms with E-state index in [4.69, 9.17) is 47.4 Å². The summed E-state index contributed by atoms with van der Waals surface area (Å²) < 4.78 is 58.3. The Morgan fingerprint density at radius 1 is 0.412 bits per heavy atom. The van der Waals surface area contributed by atoms with Crippen molar-refractivity contribution in [3.8, 4) is 0 Å². The minimum atomic E-state index is -0.891. The lowest BCUT2D eigenvalue weighted by Crippen LogP contribution is -2.47. The first kappa shape index (κ1) is 83.8. The number of carbonyl (C=O) groups is 9. The van der Waals surface area contributed by atoms with Crippen LogP contribution >= 0.6 is 0 Å². The molecule has 17 atom stereocenters. The Hall–Kier alpha value is -5.59. The Morgan fingerprint density at radius 3 is 1.27 bits per heavy atom. The van der Waals surface area contributed by atoms with Crippen LogP contribution in [0.3, 0.4) is 0 Å². The molecule has 0 radical (unpaired) electrons. The Balaban J connectivity index is 1.31. The van der Waals surface area contributed by atoms with E-state index in [0.717, 1.165) is 24.8 Å². The summed E-state index contributed by atoms with van der Waals surface area (Å²) in [6.07, 6.45) is 7.00. The van der Waals surface area contributed by atoms with Crippen LogP contribution in [0.1, 0.15) is 217 Å². The van der Waals surface area contributed by atoms with Crippen molar-refractivity contribution in [1.82, 2.24) is 21.3 Å². The number of carbonyl (C=O) groups excluding carboxylic acids is 9. The minimum absolute atomic E-state index is 0.0814. The van der Waals surface area contributed by atoms with Gasteiger partial charge >= 0.3 is 23.9 Å². The molecule has 3 aliphatic heterocycles. The van der Waals surface area contributed by atoms with E-state index in [9.17, 15) is 43.2 Å². The van der Waals surface area contributed by atoms with Gasteiger partial charge in [0.2, 0.25) is 23.6 Å². The fraction of sp³-hybridized carbons (Fsp3) is 0.797. The molecular weight excluding hydrogens is 1250 g/mol. The Kier molecular flexibility index (Phi) is 40.4. The number of hydrogen-bond donors (Lipinski definition) is 4. The molecule has 3 fully saturated rings. The Bertz CT molecular complexity index is 2510. The van der Waals surface area contributed by atoms with Crippen molar-refractivity contribution >= 4 is 53.3 Å². The standard InChI is InChI=1S/C74H122N4O19/c1-48-51(4)64(45-91-57(10)79)95-72(54(48)7)88-40-25-14-13-18-35-69(85)78-62(32-20-24-38-76-68(84)34-22-27-42-90-74-56(9)50(3)53(6)66(97-74)47-93-59(12)81)63(82)43-61(71(87)77-39-28-36-70(86)94-44-60-29-16-15-17-30-60)31-19-23-37-75-67(83)33-21-26-41-89-73-55(8)49(2)52(5)65(96-73)46-92-58(11)80/h15-17,29-30,48-56,61-62,64-66,72-74H,13-14,18-28,31-47H2,1-12H3,(H,75,83)(H,76,84)(H,77,87)(H,78,85)/t48-,49-,50-,51+,52+,53+,54?,55?,56?,61?,62?,64?,65?,66?,72+,73+,74+/m0/s1. The predicted molar refractivity (Wildman–Crippen MR) is 364 cm³/mol. The van der Waals surface area contributed by atoms with Crippen molar-refractivity contribution < 1.29 is 90.5 Å². The molecule has 3 saturated heterocycles. The average Bonchev–Trinajstić information content (AvgIpc) is 0.841. The first-order valence-electron chi connectivity index (χ1n) is 36.4. The number of amides is 4. The highest BCUT2D eigenvalue weighted by Crippen LogP contribution is 2.38. The Labute approximate surface area is 578 Å². The van der Waals surface area contributed by atoms with Crippen molar-refractivity contribution in [2.45, 2.75) is 261 Å². The first-order chi connectivity index (χ1) is 46.4. The highest BCUT2D eigenvalue weighted by Gasteiger charge is 2.43. The number of rotatable bonds is 47. The van der Waals surface area contributed by atoms with Gasteiger partial charge < -0.3 is 68.6 Å². The summed E-state index contributed by atoms with van der Waals surface area (Å²) in [5, 5.41) is 11.9. The predicted octanol–water partition coefficient (Wildman–Crippen LogP) is 10.2. The summed E-state index contributed by atoms with van der Waals surface area (Å²) in [6.45, 7) is 26.0. The number of nitrogens with one attached hydrogen (secondary N) is 4. The zero-order valence-corrected chi connectivity index (χ0v) is 60.7. The van der Waals surface area contributed by atoms with Gasteiger partial charge in [-0.2, -0.15) is 0 Å². The van der Waals surface area contributed by atoms with Gasteiger partial charge in [0.25, 0.3) is 0 Å². The number of Topliss-reactive ketones (excluding diaryl/α,β-unsaturated/α-hetero) is 1. The molecule has 8 unspecified atom stereocenters. The third-order valence-corrected chi connectivity index (χ3v) is 20.2. The zero-order valence-electron chi connectivity index (χ0n) is 60.7. The number of hydrogen-bond acceptors (Lipinski definition) is 19. The summed E-state index contributed by atoms with van der Waals surface area (Å²) >= 11 is 0. The molecule has 0 spiro atoms. The summed E-state index contributed by atoms with van der Waals surface area (Å²) in [7, 11) is 0. The first-order valence-corrected chi connectivity index (χ1v) is 36.4. The summed E-state index contributed by atoms with van der Waals surface area (Å²) in [4.78, 5) is 115. The topological polar surface area (TPSA) is 294 Å². The molecule has 3 aliphatic rings. The normalized spacial score (nSPS) is 26.1. The molecule has 1 aromatic carbocycles. The number of ketones is 1. The van der Waals surface area contributed by atoms with Crippen LogP contribution in [0, 0.1) is 59.2 Å². The lowest BCUT2D eigenvalue weighted by atomic mass is 9.79. The Morgan fingerprint density at radius 2 is 0.814 bits per heavy atom. The van der Waals surface area contributed by atoms with Crippen LogP contribution in [0.25, 0.3) is 0 Å². The second kappa shape index (κ2) is 46.7. The van der Waals surface area contributed by atoms with E-state index >= 15 is 0 Å². The van der Waals surface area contributed by atoms with Gasteiger partial charge in [0.05, 0.1) is 24.4 Å². The third-order valence-electron chi connectivity index (χ3n) is 20.2. The summed E-state index contributed by atoms with van der Waals surface area (Å²) in [5.41, 5.74) is 0.860. The molecule has 23 nitrogen and oxygen atoms in total. The van der Waals surface area contributed by atoms with Crippen LogP contribution < -0.4 is 21.3 Å².